The largest absolute Gasteiger partial charge is 0.348 e. The van der Waals surface area contributed by atoms with Crippen LogP contribution in [0.2, 0.25) is 0 Å². The lowest BCUT2D eigenvalue weighted by Gasteiger charge is -2.10. The van der Waals surface area contributed by atoms with E-state index in [0.29, 0.717) is 17.8 Å². The van der Waals surface area contributed by atoms with E-state index < -0.39 is 0 Å². The molecule has 7 heteroatoms. The second-order valence-corrected chi connectivity index (χ2v) is 7.37. The molecule has 2 aromatic carbocycles. The average molecular weight is 449 g/mol. The maximum atomic E-state index is 12.6. The number of aromatic nitrogens is 3. The Hall–Kier alpha value is -3.45. The number of amides is 1. The molecule has 0 radical (unpaired) electrons. The Kier molecular flexibility index (Phi) is 5.39. The first kappa shape index (κ1) is 18.9. The number of H-pyrrole nitrogens is 1. The maximum absolute atomic E-state index is 12.6. The Labute approximate surface area is 175 Å². The highest BCUT2D eigenvalue weighted by Crippen LogP contribution is 2.17. The Bertz CT molecular complexity index is 1200. The molecule has 2 N–H and O–H groups in total. The zero-order valence-corrected chi connectivity index (χ0v) is 16.9. The van der Waals surface area contributed by atoms with Gasteiger partial charge in [0.25, 0.3) is 11.5 Å². The van der Waals surface area contributed by atoms with Crippen LogP contribution in [0.1, 0.15) is 15.9 Å². The second-order valence-electron chi connectivity index (χ2n) is 6.46. The number of benzene rings is 2. The van der Waals surface area contributed by atoms with Crippen molar-refractivity contribution in [3.63, 3.8) is 0 Å². The fraction of sp³-hybridized carbons (Fsp3) is 0.0455. The van der Waals surface area contributed by atoms with E-state index in [9.17, 15) is 9.59 Å². The molecule has 4 aromatic rings. The number of carbonyl (C=O) groups is 1. The number of nitrogens with one attached hydrogen (secondary N) is 2. The van der Waals surface area contributed by atoms with Gasteiger partial charge in [-0.2, -0.15) is 5.10 Å². The van der Waals surface area contributed by atoms with E-state index in [2.05, 4.69) is 31.4 Å². The van der Waals surface area contributed by atoms with Gasteiger partial charge in [0.05, 0.1) is 11.3 Å². The van der Waals surface area contributed by atoms with Crippen LogP contribution in [0.5, 0.6) is 0 Å². The summed E-state index contributed by atoms with van der Waals surface area (Å²) in [5, 5.41) is 9.76. The molecule has 0 aliphatic carbocycles. The molecule has 2 heterocycles. The number of nitrogens with zero attached hydrogens (tertiary/aromatic N) is 2. The van der Waals surface area contributed by atoms with Crippen LogP contribution in [0.15, 0.2) is 88.4 Å². The molecule has 0 unspecified atom stereocenters. The van der Waals surface area contributed by atoms with Crippen LogP contribution in [-0.4, -0.2) is 20.7 Å². The number of hydrogen-bond donors (Lipinski definition) is 2. The highest BCUT2D eigenvalue weighted by molar-refractivity contribution is 9.10. The van der Waals surface area contributed by atoms with Gasteiger partial charge in [-0.3, -0.25) is 19.3 Å². The monoisotopic (exact) mass is 448 g/mol. The van der Waals surface area contributed by atoms with Crippen LogP contribution in [0, 0.1) is 0 Å². The van der Waals surface area contributed by atoms with E-state index >= 15 is 0 Å². The fourth-order valence-electron chi connectivity index (χ4n) is 2.95. The number of aromatic amines is 1. The molecule has 0 aliphatic rings. The van der Waals surface area contributed by atoms with Gasteiger partial charge in [0.1, 0.15) is 0 Å². The fourth-order valence-corrected chi connectivity index (χ4v) is 3.34. The van der Waals surface area contributed by atoms with E-state index in [4.69, 9.17) is 0 Å². The van der Waals surface area contributed by atoms with Gasteiger partial charge in [-0.1, -0.05) is 46.3 Å². The Morgan fingerprint density at radius 1 is 1.07 bits per heavy atom. The first-order chi connectivity index (χ1) is 14.1. The molecule has 4 rings (SSSR count). The number of carbonyl (C=O) groups excluding carboxylic acids is 1. The molecule has 0 saturated carbocycles. The van der Waals surface area contributed by atoms with Gasteiger partial charge >= 0.3 is 0 Å². The third kappa shape index (κ3) is 4.35. The zero-order valence-electron chi connectivity index (χ0n) is 15.3. The molecule has 0 aliphatic heterocycles. The first-order valence-corrected chi connectivity index (χ1v) is 9.75. The van der Waals surface area contributed by atoms with Crippen molar-refractivity contribution < 1.29 is 4.79 Å². The van der Waals surface area contributed by atoms with E-state index in [1.54, 1.807) is 12.4 Å². The predicted octanol–water partition coefficient (Wildman–Crippen LogP) is 3.92. The van der Waals surface area contributed by atoms with Gasteiger partial charge in [0, 0.05) is 35.2 Å². The third-order valence-electron chi connectivity index (χ3n) is 4.48. The van der Waals surface area contributed by atoms with Gasteiger partial charge in [-0.05, 0) is 41.5 Å². The van der Waals surface area contributed by atoms with Crippen molar-refractivity contribution in [2.75, 3.05) is 0 Å². The lowest BCUT2D eigenvalue weighted by Crippen LogP contribution is -2.25. The molecule has 0 spiro atoms. The number of hydrogen-bond acceptors (Lipinski definition) is 3. The van der Waals surface area contributed by atoms with Crippen LogP contribution in [0.25, 0.3) is 16.9 Å². The van der Waals surface area contributed by atoms with Crippen molar-refractivity contribution in [3.8, 4) is 16.9 Å². The molecule has 1 amide bonds. The van der Waals surface area contributed by atoms with Gasteiger partial charge < -0.3 is 5.32 Å². The molecular formula is C22H17BrN4O2. The van der Waals surface area contributed by atoms with E-state index in [1.807, 2.05) is 54.6 Å². The lowest BCUT2D eigenvalue weighted by atomic mass is 10.1. The van der Waals surface area contributed by atoms with Crippen molar-refractivity contribution in [1.29, 1.82) is 0 Å². The Morgan fingerprint density at radius 3 is 2.62 bits per heavy atom. The van der Waals surface area contributed by atoms with Gasteiger partial charge in [0.2, 0.25) is 0 Å². The molecular weight excluding hydrogens is 432 g/mol. The van der Waals surface area contributed by atoms with Gasteiger partial charge in [0.15, 0.2) is 0 Å². The summed E-state index contributed by atoms with van der Waals surface area (Å²) in [6.45, 7) is 0.387. The Balaban J connectivity index is 1.47. The van der Waals surface area contributed by atoms with Crippen molar-refractivity contribution in [2.24, 2.45) is 0 Å². The second kappa shape index (κ2) is 8.28. The summed E-state index contributed by atoms with van der Waals surface area (Å²) >= 11 is 3.40. The molecule has 2 aromatic heterocycles. The van der Waals surface area contributed by atoms with E-state index in [-0.39, 0.29) is 11.5 Å². The standard InChI is InChI=1S/C22H17BrN4O2/c23-18-2-1-3-19(12-18)27-14-17(8-9-21(27)28)22(29)24-13-15-4-6-16(7-5-15)20-10-11-25-26-20/h1-12,14H,13H2,(H,24,29)(H,25,26). The summed E-state index contributed by atoms with van der Waals surface area (Å²) in [4.78, 5) is 24.8. The van der Waals surface area contributed by atoms with Crippen molar-refractivity contribution in [1.82, 2.24) is 20.1 Å². The van der Waals surface area contributed by atoms with E-state index in [0.717, 1.165) is 21.3 Å². The smallest absolute Gasteiger partial charge is 0.255 e. The summed E-state index contributed by atoms with van der Waals surface area (Å²) in [7, 11) is 0. The average Bonchev–Trinajstić information content (AvgIpc) is 3.27. The van der Waals surface area contributed by atoms with Crippen LogP contribution >= 0.6 is 15.9 Å². The summed E-state index contributed by atoms with van der Waals surface area (Å²) < 4.78 is 2.31. The Morgan fingerprint density at radius 2 is 1.90 bits per heavy atom. The zero-order chi connectivity index (χ0) is 20.2. The number of rotatable bonds is 5. The molecule has 0 atom stereocenters. The third-order valence-corrected chi connectivity index (χ3v) is 4.97. The highest BCUT2D eigenvalue weighted by Gasteiger charge is 2.09. The molecule has 6 nitrogen and oxygen atoms in total. The normalized spacial score (nSPS) is 10.7. The van der Waals surface area contributed by atoms with Gasteiger partial charge in [-0.25, -0.2) is 0 Å². The van der Waals surface area contributed by atoms with Gasteiger partial charge in [-0.15, -0.1) is 0 Å². The topological polar surface area (TPSA) is 79.8 Å². The van der Waals surface area contributed by atoms with Crippen molar-refractivity contribution in [3.05, 3.63) is 105 Å². The van der Waals surface area contributed by atoms with E-state index in [1.165, 1.54) is 16.7 Å². The van der Waals surface area contributed by atoms with Crippen LogP contribution < -0.4 is 10.9 Å². The van der Waals surface area contributed by atoms with Crippen LogP contribution in [0.3, 0.4) is 0 Å². The summed E-state index contributed by atoms with van der Waals surface area (Å²) in [6.07, 6.45) is 3.26. The molecule has 144 valence electrons. The van der Waals surface area contributed by atoms with Crippen LogP contribution in [0.4, 0.5) is 0 Å². The maximum Gasteiger partial charge on any atom is 0.255 e. The molecule has 0 saturated heterocycles. The highest BCUT2D eigenvalue weighted by atomic mass is 79.9. The van der Waals surface area contributed by atoms with Crippen molar-refractivity contribution >= 4 is 21.8 Å². The predicted molar refractivity (Wildman–Crippen MR) is 115 cm³/mol. The summed E-state index contributed by atoms with van der Waals surface area (Å²) in [5.41, 5.74) is 3.84. The lowest BCUT2D eigenvalue weighted by molar-refractivity contribution is 0.0950. The first-order valence-electron chi connectivity index (χ1n) is 8.96. The minimum absolute atomic E-state index is 0.200. The number of pyridine rings is 1. The van der Waals surface area contributed by atoms with Crippen LogP contribution in [-0.2, 0) is 6.54 Å². The summed E-state index contributed by atoms with van der Waals surface area (Å²) in [6, 6.07) is 20.1. The SMILES string of the molecule is O=C(NCc1ccc(-c2ccn[nH]2)cc1)c1ccc(=O)n(-c2cccc(Br)c2)c1. The quantitative estimate of drug-likeness (QED) is 0.485. The number of halogens is 1. The minimum Gasteiger partial charge on any atom is -0.348 e. The summed E-state index contributed by atoms with van der Waals surface area (Å²) in [5.74, 6) is -0.244. The molecule has 0 fully saturated rings. The molecule has 29 heavy (non-hydrogen) atoms. The van der Waals surface area contributed by atoms with Crippen molar-refractivity contribution in [2.45, 2.75) is 6.54 Å². The minimum atomic E-state index is -0.244. The molecule has 0 bridgehead atoms.